The van der Waals surface area contributed by atoms with Gasteiger partial charge >= 0.3 is 6.01 Å². The topological polar surface area (TPSA) is 114 Å². The molecule has 2 aromatic heterocycles. The van der Waals surface area contributed by atoms with Gasteiger partial charge in [0.15, 0.2) is 0 Å². The Bertz CT molecular complexity index is 975. The van der Waals surface area contributed by atoms with E-state index < -0.39 is 0 Å². The predicted octanol–water partition coefficient (Wildman–Crippen LogP) is 1.39. The van der Waals surface area contributed by atoms with Crippen LogP contribution in [0.2, 0.25) is 0 Å². The minimum absolute atomic E-state index is 0.0174. The SMILES string of the molecule is CC(C)CCN[C@@H]1CO[C@@H]2[C@@H]1OC[C@@H]2n1nnnc1Oc1ccc(-n2cncn2)cc1. The van der Waals surface area contributed by atoms with Crippen molar-refractivity contribution in [2.75, 3.05) is 19.8 Å². The van der Waals surface area contributed by atoms with Gasteiger partial charge in [-0.3, -0.25) is 0 Å². The molecule has 11 heteroatoms. The Labute approximate surface area is 179 Å². The fourth-order valence-electron chi connectivity index (χ4n) is 4.00. The highest BCUT2D eigenvalue weighted by Gasteiger charge is 2.49. The Balaban J connectivity index is 1.25. The quantitative estimate of drug-likeness (QED) is 0.571. The maximum absolute atomic E-state index is 6.07. The van der Waals surface area contributed by atoms with E-state index >= 15 is 0 Å². The number of tetrazole rings is 1. The zero-order chi connectivity index (χ0) is 21.2. The summed E-state index contributed by atoms with van der Waals surface area (Å²) < 4.78 is 21.4. The molecular weight excluding hydrogens is 400 g/mol. The summed E-state index contributed by atoms with van der Waals surface area (Å²) in [5.74, 6) is 1.28. The molecule has 2 aliphatic heterocycles. The van der Waals surface area contributed by atoms with E-state index in [1.807, 2.05) is 24.3 Å². The van der Waals surface area contributed by atoms with Crippen LogP contribution >= 0.6 is 0 Å². The molecule has 1 N–H and O–H groups in total. The van der Waals surface area contributed by atoms with Crippen molar-refractivity contribution >= 4 is 0 Å². The zero-order valence-electron chi connectivity index (χ0n) is 17.5. The standard InChI is InChI=1S/C20H26N8O3/c1-13(2)7-8-22-16-9-29-19-17(10-30-18(16)19)28-20(24-25-26-28)31-15-5-3-14(4-6-15)27-12-21-11-23-27/h3-6,11-13,16-19,22H,7-10H2,1-2H3/t16-,17+,18-,19+/m1/s1. The molecule has 2 saturated heterocycles. The van der Waals surface area contributed by atoms with Crippen molar-refractivity contribution in [3.05, 3.63) is 36.9 Å². The van der Waals surface area contributed by atoms with Gasteiger partial charge in [0.1, 0.15) is 36.7 Å². The van der Waals surface area contributed by atoms with E-state index in [0.29, 0.717) is 30.9 Å². The molecule has 0 aliphatic carbocycles. The number of hydrogen-bond donors (Lipinski definition) is 1. The molecule has 0 unspecified atom stereocenters. The van der Waals surface area contributed by atoms with Crippen LogP contribution in [-0.2, 0) is 9.47 Å². The van der Waals surface area contributed by atoms with Crippen molar-refractivity contribution in [2.45, 2.75) is 44.6 Å². The Hall–Kier alpha value is -2.89. The average Bonchev–Trinajstić information content (AvgIpc) is 3.55. The molecule has 31 heavy (non-hydrogen) atoms. The van der Waals surface area contributed by atoms with Crippen molar-refractivity contribution in [2.24, 2.45) is 5.92 Å². The molecule has 11 nitrogen and oxygen atoms in total. The van der Waals surface area contributed by atoms with E-state index in [1.54, 1.807) is 15.7 Å². The monoisotopic (exact) mass is 426 g/mol. The lowest BCUT2D eigenvalue weighted by molar-refractivity contribution is 0.0611. The molecular formula is C20H26N8O3. The molecule has 5 rings (SSSR count). The number of nitrogens with one attached hydrogen (secondary N) is 1. The van der Waals surface area contributed by atoms with Crippen molar-refractivity contribution in [1.29, 1.82) is 0 Å². The van der Waals surface area contributed by atoms with Gasteiger partial charge in [0.2, 0.25) is 0 Å². The Morgan fingerprint density at radius 2 is 2.00 bits per heavy atom. The molecule has 0 amide bonds. The highest BCUT2D eigenvalue weighted by atomic mass is 16.6. The molecule has 2 aliphatic rings. The molecule has 3 aromatic rings. The van der Waals surface area contributed by atoms with E-state index in [9.17, 15) is 0 Å². The van der Waals surface area contributed by atoms with Crippen molar-refractivity contribution in [3.8, 4) is 17.4 Å². The van der Waals surface area contributed by atoms with Crippen LogP contribution in [0.15, 0.2) is 36.9 Å². The Morgan fingerprint density at radius 1 is 1.16 bits per heavy atom. The van der Waals surface area contributed by atoms with E-state index in [4.69, 9.17) is 14.2 Å². The molecule has 164 valence electrons. The van der Waals surface area contributed by atoms with Gasteiger partial charge < -0.3 is 19.5 Å². The third kappa shape index (κ3) is 4.16. The molecule has 0 saturated carbocycles. The molecule has 2 fully saturated rings. The largest absolute Gasteiger partial charge is 0.423 e. The highest BCUT2D eigenvalue weighted by molar-refractivity contribution is 5.37. The smallest absolute Gasteiger partial charge is 0.341 e. The number of ether oxygens (including phenoxy) is 3. The van der Waals surface area contributed by atoms with Crippen LogP contribution in [0.4, 0.5) is 0 Å². The van der Waals surface area contributed by atoms with Crippen LogP contribution in [0.3, 0.4) is 0 Å². The normalized spacial score (nSPS) is 25.3. The van der Waals surface area contributed by atoms with E-state index in [-0.39, 0.29) is 24.3 Å². The van der Waals surface area contributed by atoms with Gasteiger partial charge in [-0.2, -0.15) is 9.78 Å². The van der Waals surface area contributed by atoms with Gasteiger partial charge in [0.05, 0.1) is 24.9 Å². The highest BCUT2D eigenvalue weighted by Crippen LogP contribution is 2.36. The third-order valence-corrected chi connectivity index (χ3v) is 5.66. The Kier molecular flexibility index (Phi) is 5.62. The minimum atomic E-state index is -0.138. The molecule has 4 atom stereocenters. The molecule has 0 radical (unpaired) electrons. The molecule has 1 aromatic carbocycles. The average molecular weight is 426 g/mol. The van der Waals surface area contributed by atoms with Crippen LogP contribution in [0.25, 0.3) is 5.69 Å². The van der Waals surface area contributed by atoms with Crippen LogP contribution in [-0.4, -0.2) is 73.0 Å². The number of rotatable bonds is 8. The van der Waals surface area contributed by atoms with Gasteiger partial charge in [-0.05, 0) is 53.6 Å². The van der Waals surface area contributed by atoms with Crippen molar-refractivity contribution in [3.63, 3.8) is 0 Å². The van der Waals surface area contributed by atoms with E-state index in [0.717, 1.165) is 18.7 Å². The lowest BCUT2D eigenvalue weighted by atomic mass is 10.1. The fourth-order valence-corrected chi connectivity index (χ4v) is 4.00. The van der Waals surface area contributed by atoms with Gasteiger partial charge in [-0.1, -0.05) is 18.9 Å². The molecule has 4 heterocycles. The summed E-state index contributed by atoms with van der Waals surface area (Å²) >= 11 is 0. The summed E-state index contributed by atoms with van der Waals surface area (Å²) in [7, 11) is 0. The lowest BCUT2D eigenvalue weighted by Gasteiger charge is -2.18. The van der Waals surface area contributed by atoms with Gasteiger partial charge in [0.25, 0.3) is 0 Å². The maximum Gasteiger partial charge on any atom is 0.341 e. The summed E-state index contributed by atoms with van der Waals surface area (Å²) in [5.41, 5.74) is 0.881. The van der Waals surface area contributed by atoms with Gasteiger partial charge in [-0.15, -0.1) is 0 Å². The first-order valence-corrected chi connectivity index (χ1v) is 10.6. The summed E-state index contributed by atoms with van der Waals surface area (Å²) in [6.45, 7) is 6.49. The van der Waals surface area contributed by atoms with Crippen molar-refractivity contribution < 1.29 is 14.2 Å². The summed E-state index contributed by atoms with van der Waals surface area (Å²) in [5, 5.41) is 19.7. The first-order chi connectivity index (χ1) is 15.2. The maximum atomic E-state index is 6.07. The molecule has 0 bridgehead atoms. The molecule has 0 spiro atoms. The van der Waals surface area contributed by atoms with Gasteiger partial charge in [0, 0.05) is 0 Å². The van der Waals surface area contributed by atoms with E-state index in [2.05, 4.69) is 44.8 Å². The first-order valence-electron chi connectivity index (χ1n) is 10.6. The van der Waals surface area contributed by atoms with Crippen LogP contribution in [0.5, 0.6) is 11.8 Å². The van der Waals surface area contributed by atoms with Crippen LogP contribution in [0, 0.1) is 5.92 Å². The number of hydrogen-bond acceptors (Lipinski definition) is 9. The first kappa shape index (κ1) is 20.0. The van der Waals surface area contributed by atoms with Crippen LogP contribution in [0.1, 0.15) is 26.3 Å². The fraction of sp³-hybridized carbons (Fsp3) is 0.550. The number of nitrogens with zero attached hydrogens (tertiary/aromatic N) is 7. The second kappa shape index (κ2) is 8.69. The van der Waals surface area contributed by atoms with Crippen LogP contribution < -0.4 is 10.1 Å². The second-order valence-electron chi connectivity index (χ2n) is 8.25. The third-order valence-electron chi connectivity index (χ3n) is 5.66. The minimum Gasteiger partial charge on any atom is -0.423 e. The summed E-state index contributed by atoms with van der Waals surface area (Å²) in [6, 6.07) is 7.80. The zero-order valence-corrected chi connectivity index (χ0v) is 17.5. The second-order valence-corrected chi connectivity index (χ2v) is 8.25. The lowest BCUT2D eigenvalue weighted by Crippen LogP contribution is -2.41. The Morgan fingerprint density at radius 3 is 2.77 bits per heavy atom. The number of fused-ring (bicyclic) bond motifs is 1. The van der Waals surface area contributed by atoms with E-state index in [1.165, 1.54) is 6.33 Å². The van der Waals surface area contributed by atoms with Crippen molar-refractivity contribution in [1.82, 2.24) is 40.3 Å². The summed E-state index contributed by atoms with van der Waals surface area (Å²) in [6.07, 6.45) is 4.12. The van der Waals surface area contributed by atoms with Gasteiger partial charge in [-0.25, -0.2) is 9.67 Å². The predicted molar refractivity (Wildman–Crippen MR) is 109 cm³/mol. The number of aromatic nitrogens is 7. The number of benzene rings is 1. The summed E-state index contributed by atoms with van der Waals surface area (Å²) in [4.78, 5) is 3.96.